The van der Waals surface area contributed by atoms with Gasteiger partial charge in [-0.1, -0.05) is 13.5 Å². The van der Waals surface area contributed by atoms with Crippen LogP contribution < -0.4 is 0 Å². The van der Waals surface area contributed by atoms with Crippen molar-refractivity contribution in [3.05, 3.63) is 12.7 Å². The van der Waals surface area contributed by atoms with Crippen molar-refractivity contribution < 1.29 is 19.4 Å². The first-order chi connectivity index (χ1) is 16.4. The fraction of sp³-hybridized carbons (Fsp3) is 0.931. The summed E-state index contributed by atoms with van der Waals surface area (Å²) < 4.78 is 6.82. The Morgan fingerprint density at radius 1 is 1.06 bits per heavy atom. The predicted octanol–water partition coefficient (Wildman–Crippen LogP) is 3.59. The van der Waals surface area contributed by atoms with E-state index in [4.69, 9.17) is 4.74 Å². The molecule has 2 aliphatic heterocycles. The molecule has 0 aromatic rings. The molecule has 6 fully saturated rings. The molecule has 2 saturated heterocycles. The third kappa shape index (κ3) is 3.67. The van der Waals surface area contributed by atoms with E-state index < -0.39 is 5.60 Å². The van der Waals surface area contributed by atoms with E-state index >= 15 is 0 Å². The second-order valence-electron chi connectivity index (χ2n) is 13.5. The predicted molar refractivity (Wildman–Crippen MR) is 134 cm³/mol. The quantitative estimate of drug-likeness (QED) is 0.484. The van der Waals surface area contributed by atoms with E-state index in [1.807, 2.05) is 0 Å². The molecule has 34 heavy (non-hydrogen) atoms. The van der Waals surface area contributed by atoms with Gasteiger partial charge in [0.15, 0.2) is 0 Å². The van der Waals surface area contributed by atoms with Crippen LogP contribution in [0.5, 0.6) is 0 Å². The molecule has 192 valence electrons. The first kappa shape index (κ1) is 23.9. The molecule has 2 heterocycles. The Hall–Kier alpha value is -0.460. The lowest BCUT2D eigenvalue weighted by atomic mass is 9.46. The first-order valence-electron chi connectivity index (χ1n) is 14.6. The molecule has 3 unspecified atom stereocenters. The fourth-order valence-corrected chi connectivity index (χ4v) is 10.5. The smallest absolute Gasteiger partial charge is 0.0973 e. The molecule has 0 bridgehead atoms. The fourth-order valence-electron chi connectivity index (χ4n) is 10.5. The zero-order chi connectivity index (χ0) is 23.6. The van der Waals surface area contributed by atoms with Crippen LogP contribution in [0.2, 0.25) is 0 Å². The average Bonchev–Trinajstić information content (AvgIpc) is 3.45. The molecule has 0 spiro atoms. The number of aliphatic hydroxyl groups is 2. The Kier molecular flexibility index (Phi) is 6.21. The molecule has 2 N–H and O–H groups in total. The zero-order valence-corrected chi connectivity index (χ0v) is 21.5. The van der Waals surface area contributed by atoms with E-state index in [-0.39, 0.29) is 12.1 Å². The van der Waals surface area contributed by atoms with Gasteiger partial charge in [-0.3, -0.25) is 4.90 Å². The Balaban J connectivity index is 1.24. The minimum absolute atomic E-state index is 0.192. The topological polar surface area (TPSA) is 52.9 Å². The highest BCUT2D eigenvalue weighted by molar-refractivity contribution is 5.12. The Morgan fingerprint density at radius 2 is 1.82 bits per heavy atom. The molecular weight excluding hydrogens is 424 g/mol. The molecule has 5 heteroatoms. The Bertz CT molecular complexity index is 762. The zero-order valence-electron chi connectivity index (χ0n) is 21.5. The van der Waals surface area contributed by atoms with Gasteiger partial charge >= 0.3 is 0 Å². The number of morpholine rings is 1. The summed E-state index contributed by atoms with van der Waals surface area (Å²) in [5, 5.41) is 23.2. The summed E-state index contributed by atoms with van der Waals surface area (Å²) in [7, 11) is 0. The van der Waals surface area contributed by atoms with E-state index in [0.717, 1.165) is 58.5 Å². The second-order valence-corrected chi connectivity index (χ2v) is 13.5. The van der Waals surface area contributed by atoms with Crippen LogP contribution in [0.1, 0.15) is 71.1 Å². The van der Waals surface area contributed by atoms with E-state index in [0.29, 0.717) is 35.1 Å². The van der Waals surface area contributed by atoms with Gasteiger partial charge in [0, 0.05) is 44.8 Å². The lowest BCUT2D eigenvalue weighted by Gasteiger charge is -2.61. The number of hydrogen-bond acceptors (Lipinski definition) is 4. The van der Waals surface area contributed by atoms with Crippen LogP contribution in [0.15, 0.2) is 12.7 Å². The maximum Gasteiger partial charge on any atom is 0.0973 e. The number of ether oxygens (including phenoxy) is 1. The third-order valence-corrected chi connectivity index (χ3v) is 12.2. The number of likely N-dealkylation sites (tertiary alicyclic amines) is 1. The van der Waals surface area contributed by atoms with Crippen LogP contribution in [0, 0.1) is 29.1 Å². The number of quaternary nitrogens is 1. The van der Waals surface area contributed by atoms with Crippen molar-refractivity contribution in [1.29, 1.82) is 0 Å². The monoisotopic (exact) mass is 473 g/mol. The van der Waals surface area contributed by atoms with Crippen molar-refractivity contribution in [2.75, 3.05) is 45.9 Å². The molecular formula is C29H49N2O3+. The number of hydrogen-bond donors (Lipinski definition) is 2. The lowest BCUT2D eigenvalue weighted by Crippen LogP contribution is -2.61. The molecule has 4 saturated carbocycles. The Labute approximate surface area is 207 Å². The maximum absolute atomic E-state index is 12.0. The van der Waals surface area contributed by atoms with Crippen LogP contribution in [0.3, 0.4) is 0 Å². The number of nitrogens with zero attached hydrogens (tertiary/aromatic N) is 2. The van der Waals surface area contributed by atoms with Crippen LogP contribution in [0.4, 0.5) is 0 Å². The van der Waals surface area contributed by atoms with Crippen molar-refractivity contribution in [1.82, 2.24) is 4.90 Å². The van der Waals surface area contributed by atoms with Gasteiger partial charge in [0.05, 0.1) is 50.6 Å². The number of rotatable bonds is 4. The lowest BCUT2D eigenvalue weighted by molar-refractivity contribution is -0.935. The van der Waals surface area contributed by atoms with Crippen LogP contribution in [-0.4, -0.2) is 89.3 Å². The molecule has 9 atom stereocenters. The van der Waals surface area contributed by atoms with E-state index in [9.17, 15) is 10.2 Å². The van der Waals surface area contributed by atoms with Gasteiger partial charge in [-0.05, 0) is 73.7 Å². The average molecular weight is 474 g/mol. The highest BCUT2D eigenvalue weighted by Crippen LogP contribution is 2.65. The summed E-state index contributed by atoms with van der Waals surface area (Å²) >= 11 is 0. The van der Waals surface area contributed by atoms with Crippen molar-refractivity contribution in [2.45, 2.75) is 94.9 Å². The summed E-state index contributed by atoms with van der Waals surface area (Å²) in [6.07, 6.45) is 13.7. The third-order valence-electron chi connectivity index (χ3n) is 12.2. The Morgan fingerprint density at radius 3 is 2.56 bits per heavy atom. The van der Waals surface area contributed by atoms with Crippen LogP contribution >= 0.6 is 0 Å². The van der Waals surface area contributed by atoms with Gasteiger partial charge < -0.3 is 19.4 Å². The number of aliphatic hydroxyl groups excluding tert-OH is 1. The summed E-state index contributed by atoms with van der Waals surface area (Å²) in [6.45, 7) is 13.9. The molecule has 6 rings (SSSR count). The van der Waals surface area contributed by atoms with Gasteiger partial charge in [-0.2, -0.15) is 0 Å². The molecule has 0 aromatic carbocycles. The second kappa shape index (κ2) is 8.83. The molecule has 0 radical (unpaired) electrons. The SMILES string of the molecule is C=CC[N+]1([C@H]2CC3C4CC[C@H]5C[C@H](O)[C@@H](N6CCOCC6)C[C@]5(C)C4CC[C@]3(O)C2)CCCC1. The van der Waals surface area contributed by atoms with Gasteiger partial charge in [-0.25, -0.2) is 0 Å². The van der Waals surface area contributed by atoms with Gasteiger partial charge in [0.25, 0.3) is 0 Å². The summed E-state index contributed by atoms with van der Waals surface area (Å²) in [4.78, 5) is 2.53. The minimum Gasteiger partial charge on any atom is -0.391 e. The van der Waals surface area contributed by atoms with Crippen molar-refractivity contribution in [2.24, 2.45) is 29.1 Å². The van der Waals surface area contributed by atoms with Gasteiger partial charge in [0.1, 0.15) is 0 Å². The van der Waals surface area contributed by atoms with Crippen molar-refractivity contribution >= 4 is 0 Å². The van der Waals surface area contributed by atoms with Gasteiger partial charge in [-0.15, -0.1) is 0 Å². The maximum atomic E-state index is 12.0. The summed E-state index contributed by atoms with van der Waals surface area (Å²) in [5.41, 5.74) is -0.145. The van der Waals surface area contributed by atoms with Crippen LogP contribution in [-0.2, 0) is 4.74 Å². The van der Waals surface area contributed by atoms with E-state index in [1.54, 1.807) is 0 Å². The first-order valence-corrected chi connectivity index (χ1v) is 14.6. The largest absolute Gasteiger partial charge is 0.391 e. The highest BCUT2D eigenvalue weighted by atomic mass is 16.5. The normalized spacial score (nSPS) is 50.9. The summed E-state index contributed by atoms with van der Waals surface area (Å²) in [6, 6.07) is 0.904. The van der Waals surface area contributed by atoms with Crippen molar-refractivity contribution in [3.63, 3.8) is 0 Å². The van der Waals surface area contributed by atoms with E-state index in [1.165, 1.54) is 56.1 Å². The molecule has 6 aliphatic rings. The van der Waals surface area contributed by atoms with Crippen molar-refractivity contribution in [3.8, 4) is 0 Å². The minimum atomic E-state index is -0.443. The number of fused-ring (bicyclic) bond motifs is 5. The van der Waals surface area contributed by atoms with Crippen LogP contribution in [0.25, 0.3) is 0 Å². The summed E-state index contributed by atoms with van der Waals surface area (Å²) in [5.74, 6) is 2.49. The molecule has 0 aromatic heterocycles. The van der Waals surface area contributed by atoms with E-state index in [2.05, 4.69) is 24.5 Å². The molecule has 4 aliphatic carbocycles. The standard InChI is InChI=1S/C29H49N2O3/c1-3-12-31(13-4-5-14-31)22-18-25-23-7-6-21-17-27(32)26(30-10-15-34-16-11-30)20-28(21,2)24(23)8-9-29(25,33)19-22/h3,21-27,32-33H,1,4-20H2,2H3/q+1/t21-,22-,23?,24?,25?,26-,27-,28-,29-/m0/s1. The highest BCUT2D eigenvalue weighted by Gasteiger charge is 2.63. The molecule has 0 amide bonds. The molecule has 5 nitrogen and oxygen atoms in total. The van der Waals surface area contributed by atoms with Gasteiger partial charge in [0.2, 0.25) is 0 Å².